The second-order valence-corrected chi connectivity index (χ2v) is 11.8. The third-order valence-corrected chi connectivity index (χ3v) is 6.38. The molecule has 0 aliphatic carbocycles. The summed E-state index contributed by atoms with van der Waals surface area (Å²) in [6.45, 7) is 13.6. The molecule has 2 N–H and O–H groups in total. The number of benzene rings is 2. The molecule has 2 aromatic rings. The molecule has 0 aliphatic heterocycles. The first-order chi connectivity index (χ1) is 16.0. The normalized spacial score (nSPS) is 11.7. The minimum absolute atomic E-state index is 0.159. The van der Waals surface area contributed by atoms with Gasteiger partial charge >= 0.3 is 0 Å². The van der Waals surface area contributed by atoms with E-state index in [9.17, 15) is 10.2 Å². The molecule has 0 saturated carbocycles. The van der Waals surface area contributed by atoms with Crippen molar-refractivity contribution in [2.24, 2.45) is 5.41 Å². The van der Waals surface area contributed by atoms with Gasteiger partial charge in [0.1, 0.15) is 11.5 Å². The number of unbranched alkanes of at least 4 members (excludes halogenated alkanes) is 9. The monoisotopic (exact) mass is 468 g/mol. The molecule has 0 fully saturated rings. The highest BCUT2D eigenvalue weighted by molar-refractivity contribution is 5.30. The van der Waals surface area contributed by atoms with Crippen LogP contribution in [0.3, 0.4) is 0 Å². The van der Waals surface area contributed by atoms with Crippen molar-refractivity contribution >= 4 is 0 Å². The minimum atomic E-state index is 0.159. The summed E-state index contributed by atoms with van der Waals surface area (Å²) in [6.07, 6.45) is 16.1. The molecule has 0 saturated heterocycles. The Morgan fingerprint density at radius 2 is 0.971 bits per heavy atom. The van der Waals surface area contributed by atoms with Gasteiger partial charge in [-0.25, -0.2) is 0 Å². The average molecular weight is 469 g/mol. The summed E-state index contributed by atoms with van der Waals surface area (Å²) in [5.41, 5.74) is 3.11. The molecule has 0 heterocycles. The first-order valence-electron chi connectivity index (χ1n) is 13.6. The fourth-order valence-corrected chi connectivity index (χ4v) is 4.82. The van der Waals surface area contributed by atoms with Crippen LogP contribution in [0.4, 0.5) is 0 Å². The molecule has 0 aliphatic rings. The third kappa shape index (κ3) is 14.3. The van der Waals surface area contributed by atoms with Gasteiger partial charge in [-0.15, -0.1) is 0 Å². The van der Waals surface area contributed by atoms with Crippen LogP contribution in [0.15, 0.2) is 48.5 Å². The van der Waals surface area contributed by atoms with Crippen molar-refractivity contribution in [2.75, 3.05) is 0 Å². The van der Waals surface area contributed by atoms with E-state index in [4.69, 9.17) is 0 Å². The number of aryl methyl sites for hydroxylation is 1. The zero-order chi connectivity index (χ0) is 25.5. The number of phenolic OH excluding ortho intramolecular Hbond substituents is 2. The van der Waals surface area contributed by atoms with Gasteiger partial charge in [0.15, 0.2) is 0 Å². The lowest BCUT2D eigenvalue weighted by Crippen LogP contribution is -2.24. The van der Waals surface area contributed by atoms with Gasteiger partial charge in [-0.3, -0.25) is 0 Å². The van der Waals surface area contributed by atoms with Gasteiger partial charge in [0, 0.05) is 0 Å². The summed E-state index contributed by atoms with van der Waals surface area (Å²) in [4.78, 5) is 0. The quantitative estimate of drug-likeness (QED) is 0.287. The standard InChI is InChI=1S/C18H30O.C14H22O/c1-2-3-4-5-6-7-8-9-10-11-12-17-13-15-18(19)16-14-17;1-13(2,3)10-14(4,5)11-6-8-12(15)9-7-11/h13-16,19H,2-12H2,1H3;6-9,15H,10H2,1-5H3. The highest BCUT2D eigenvalue weighted by Crippen LogP contribution is 2.36. The maximum atomic E-state index is 9.25. The van der Waals surface area contributed by atoms with Crippen molar-refractivity contribution in [3.63, 3.8) is 0 Å². The molecule has 0 atom stereocenters. The van der Waals surface area contributed by atoms with E-state index >= 15 is 0 Å². The Bertz CT molecular complexity index is 751. The predicted molar refractivity (Wildman–Crippen MR) is 149 cm³/mol. The molecule has 0 amide bonds. The lowest BCUT2D eigenvalue weighted by atomic mass is 9.72. The molecule has 2 rings (SSSR count). The van der Waals surface area contributed by atoms with E-state index in [1.165, 1.54) is 75.3 Å². The zero-order valence-electron chi connectivity index (χ0n) is 23.0. The highest BCUT2D eigenvalue weighted by atomic mass is 16.3. The molecule has 0 aromatic heterocycles. The van der Waals surface area contributed by atoms with E-state index in [1.54, 1.807) is 24.3 Å². The number of phenols is 2. The van der Waals surface area contributed by atoms with Gasteiger partial charge in [-0.1, -0.05) is 124 Å². The van der Waals surface area contributed by atoms with Crippen molar-refractivity contribution in [1.29, 1.82) is 0 Å². The van der Waals surface area contributed by atoms with Crippen molar-refractivity contribution in [2.45, 2.75) is 124 Å². The lowest BCUT2D eigenvalue weighted by Gasteiger charge is -2.33. The summed E-state index contributed by atoms with van der Waals surface area (Å²) in [7, 11) is 0. The number of hydrogen-bond acceptors (Lipinski definition) is 2. The van der Waals surface area contributed by atoms with E-state index < -0.39 is 0 Å². The third-order valence-electron chi connectivity index (χ3n) is 6.38. The van der Waals surface area contributed by atoms with Crippen molar-refractivity contribution in [3.8, 4) is 11.5 Å². The van der Waals surface area contributed by atoms with Crippen molar-refractivity contribution in [1.82, 2.24) is 0 Å². The minimum Gasteiger partial charge on any atom is -0.508 e. The van der Waals surface area contributed by atoms with Gasteiger partial charge in [0.2, 0.25) is 0 Å². The van der Waals surface area contributed by atoms with Crippen LogP contribution in [0.25, 0.3) is 0 Å². The molecule has 0 bridgehead atoms. The van der Waals surface area contributed by atoms with Crippen LogP contribution in [0.2, 0.25) is 0 Å². The van der Waals surface area contributed by atoms with E-state index in [0.717, 1.165) is 12.8 Å². The second kappa shape index (κ2) is 15.8. The molecule has 192 valence electrons. The number of aromatic hydroxyl groups is 2. The Balaban J connectivity index is 0.000000350. The van der Waals surface area contributed by atoms with Gasteiger partial charge in [-0.05, 0) is 65.5 Å². The largest absolute Gasteiger partial charge is 0.508 e. The Morgan fingerprint density at radius 1 is 0.559 bits per heavy atom. The van der Waals surface area contributed by atoms with Crippen LogP contribution in [0.1, 0.15) is 123 Å². The van der Waals surface area contributed by atoms with Gasteiger partial charge in [-0.2, -0.15) is 0 Å². The molecule has 0 spiro atoms. The molecule has 2 heteroatoms. The first-order valence-corrected chi connectivity index (χ1v) is 13.6. The van der Waals surface area contributed by atoms with Crippen LogP contribution in [0, 0.1) is 5.41 Å². The van der Waals surface area contributed by atoms with Crippen LogP contribution in [-0.4, -0.2) is 10.2 Å². The summed E-state index contributed by atoms with van der Waals surface area (Å²) < 4.78 is 0. The van der Waals surface area contributed by atoms with Crippen molar-refractivity contribution < 1.29 is 10.2 Å². The Hall–Kier alpha value is -1.96. The fourth-order valence-electron chi connectivity index (χ4n) is 4.82. The molecular formula is C32H52O2. The maximum Gasteiger partial charge on any atom is 0.115 e. The predicted octanol–water partition coefficient (Wildman–Crippen LogP) is 9.96. The van der Waals surface area contributed by atoms with Crippen LogP contribution < -0.4 is 0 Å². The Morgan fingerprint density at radius 3 is 1.41 bits per heavy atom. The van der Waals surface area contributed by atoms with E-state index in [1.807, 2.05) is 24.3 Å². The maximum absolute atomic E-state index is 9.25. The molecule has 34 heavy (non-hydrogen) atoms. The van der Waals surface area contributed by atoms with Gasteiger partial charge in [0.25, 0.3) is 0 Å². The molecular weight excluding hydrogens is 416 g/mol. The SMILES string of the molecule is CC(C)(C)CC(C)(C)c1ccc(O)cc1.CCCCCCCCCCCCc1ccc(O)cc1. The fraction of sp³-hybridized carbons (Fsp3) is 0.625. The number of rotatable bonds is 13. The van der Waals surface area contributed by atoms with E-state index in [0.29, 0.717) is 16.9 Å². The summed E-state index contributed by atoms with van der Waals surface area (Å²) in [5, 5.41) is 18.5. The van der Waals surface area contributed by atoms with Crippen LogP contribution in [-0.2, 0) is 11.8 Å². The van der Waals surface area contributed by atoms with E-state index in [-0.39, 0.29) is 5.41 Å². The second-order valence-electron chi connectivity index (χ2n) is 11.8. The highest BCUT2D eigenvalue weighted by Gasteiger charge is 2.26. The lowest BCUT2D eigenvalue weighted by molar-refractivity contribution is 0.284. The van der Waals surface area contributed by atoms with Gasteiger partial charge in [0.05, 0.1) is 0 Å². The Kier molecular flexibility index (Phi) is 14.0. The molecule has 0 unspecified atom stereocenters. The Labute approximate surface area is 210 Å². The van der Waals surface area contributed by atoms with Crippen LogP contribution >= 0.6 is 0 Å². The number of hydrogen-bond donors (Lipinski definition) is 2. The van der Waals surface area contributed by atoms with E-state index in [2.05, 4.69) is 41.5 Å². The average Bonchev–Trinajstić information content (AvgIpc) is 2.75. The summed E-state index contributed by atoms with van der Waals surface area (Å²) in [5.74, 6) is 0.706. The summed E-state index contributed by atoms with van der Waals surface area (Å²) in [6, 6.07) is 15.2. The van der Waals surface area contributed by atoms with Crippen LogP contribution in [0.5, 0.6) is 11.5 Å². The zero-order valence-corrected chi connectivity index (χ0v) is 23.0. The summed E-state index contributed by atoms with van der Waals surface area (Å²) >= 11 is 0. The molecule has 0 radical (unpaired) electrons. The topological polar surface area (TPSA) is 40.5 Å². The smallest absolute Gasteiger partial charge is 0.115 e. The molecule has 2 aromatic carbocycles. The first kappa shape index (κ1) is 30.1. The van der Waals surface area contributed by atoms with Gasteiger partial charge < -0.3 is 10.2 Å². The molecule has 2 nitrogen and oxygen atoms in total. The van der Waals surface area contributed by atoms with Crippen molar-refractivity contribution in [3.05, 3.63) is 59.7 Å².